The van der Waals surface area contributed by atoms with Crippen LogP contribution in [0, 0.1) is 0 Å². The van der Waals surface area contributed by atoms with Crippen molar-refractivity contribution < 1.29 is 14.2 Å². The first kappa shape index (κ1) is 28.8. The van der Waals surface area contributed by atoms with E-state index in [1.165, 1.54) is 5.56 Å². The highest BCUT2D eigenvalue weighted by Gasteiger charge is 2.22. The molecule has 0 amide bonds. The van der Waals surface area contributed by atoms with Gasteiger partial charge in [0, 0.05) is 50.8 Å². The van der Waals surface area contributed by atoms with Crippen LogP contribution >= 0.6 is 10.0 Å². The summed E-state index contributed by atoms with van der Waals surface area (Å²) < 4.78 is 19.3. The Hall–Kier alpha value is -2.24. The monoisotopic (exact) mass is 544 g/mol. The minimum absolute atomic E-state index is 0.510. The fourth-order valence-electron chi connectivity index (χ4n) is 4.57. The van der Waals surface area contributed by atoms with E-state index in [-0.39, 0.29) is 0 Å². The average Bonchev–Trinajstić information content (AvgIpc) is 3.25. The number of aryl methyl sites for hydroxylation is 1. The van der Waals surface area contributed by atoms with Gasteiger partial charge in [-0.1, -0.05) is 13.0 Å². The third-order valence-corrected chi connectivity index (χ3v) is 8.23. The number of fused-ring (bicyclic) bond motifs is 1. The predicted molar refractivity (Wildman–Crippen MR) is 156 cm³/mol. The van der Waals surface area contributed by atoms with E-state index in [0.717, 1.165) is 79.7 Å². The van der Waals surface area contributed by atoms with Crippen molar-refractivity contribution in [3.05, 3.63) is 47.7 Å². The van der Waals surface area contributed by atoms with Crippen LogP contribution in [0.5, 0.6) is 0 Å². The molecule has 0 atom stereocenters. The molecule has 2 aromatic heterocycles. The number of hydrogen-bond acceptors (Lipinski definition) is 8. The lowest BCUT2D eigenvalue weighted by atomic mass is 10.2. The van der Waals surface area contributed by atoms with E-state index < -0.39 is 10.0 Å². The normalized spacial score (nSPS) is 15.4. The van der Waals surface area contributed by atoms with Crippen LogP contribution in [-0.4, -0.2) is 102 Å². The second-order valence-corrected chi connectivity index (χ2v) is 15.2. The minimum Gasteiger partial charge on any atom is -0.382 e. The Kier molecular flexibility index (Phi) is 10.4. The average molecular weight is 545 g/mol. The molecular weight excluding hydrogens is 500 g/mol. The van der Waals surface area contributed by atoms with Crippen molar-refractivity contribution in [2.45, 2.75) is 33.2 Å². The second kappa shape index (κ2) is 13.7. The lowest BCUT2D eigenvalue weighted by Gasteiger charge is -2.35. The Balaban J connectivity index is 1.46. The molecule has 0 spiro atoms. The third-order valence-electron chi connectivity index (χ3n) is 6.83. The number of ether oxygens (including phenoxy) is 3. The van der Waals surface area contributed by atoms with Crippen LogP contribution in [-0.2, 0) is 40.5 Å². The number of aromatic nitrogens is 4. The van der Waals surface area contributed by atoms with Crippen LogP contribution in [0.25, 0.3) is 11.0 Å². The summed E-state index contributed by atoms with van der Waals surface area (Å²) in [6.07, 6.45) is 11.5. The predicted octanol–water partition coefficient (Wildman–Crippen LogP) is 3.54. The first-order chi connectivity index (χ1) is 18.4. The maximum absolute atomic E-state index is 6.20. The van der Waals surface area contributed by atoms with Crippen molar-refractivity contribution in [3.63, 3.8) is 0 Å². The van der Waals surface area contributed by atoms with Gasteiger partial charge in [0.15, 0.2) is 0 Å². The van der Waals surface area contributed by atoms with Gasteiger partial charge >= 0.3 is 0 Å². The highest BCUT2D eigenvalue weighted by Crippen LogP contribution is 2.33. The maximum atomic E-state index is 6.20. The number of anilines is 1. The van der Waals surface area contributed by atoms with Gasteiger partial charge in [0.25, 0.3) is 0 Å². The van der Waals surface area contributed by atoms with Crippen molar-refractivity contribution in [1.29, 1.82) is 0 Å². The fourth-order valence-corrected chi connectivity index (χ4v) is 5.19. The summed E-state index contributed by atoms with van der Waals surface area (Å²) in [4.78, 5) is 18.7. The van der Waals surface area contributed by atoms with Gasteiger partial charge in [-0.2, -0.15) is 0 Å². The van der Waals surface area contributed by atoms with E-state index >= 15 is 0 Å². The topological polar surface area (TPSA) is 77.8 Å². The molecule has 38 heavy (non-hydrogen) atoms. The van der Waals surface area contributed by atoms with Gasteiger partial charge in [0.2, 0.25) is 0 Å². The molecule has 10 heteroatoms. The van der Waals surface area contributed by atoms with Crippen LogP contribution in [0.15, 0.2) is 30.7 Å². The van der Waals surface area contributed by atoms with Gasteiger partial charge in [-0.3, -0.25) is 4.90 Å². The molecule has 1 aliphatic heterocycles. The molecule has 0 N–H and O–H groups in total. The van der Waals surface area contributed by atoms with Crippen molar-refractivity contribution >= 4 is 26.9 Å². The Morgan fingerprint density at radius 3 is 2.55 bits per heavy atom. The molecular formula is C28H44N6O3S. The Morgan fingerprint density at radius 2 is 1.82 bits per heavy atom. The molecule has 0 unspecified atom stereocenters. The largest absolute Gasteiger partial charge is 0.382 e. The van der Waals surface area contributed by atoms with E-state index in [1.807, 2.05) is 6.20 Å². The molecule has 210 valence electrons. The molecule has 0 radical (unpaired) electrons. The molecule has 4 rings (SSSR count). The Labute approximate surface area is 228 Å². The van der Waals surface area contributed by atoms with Crippen molar-refractivity contribution in [1.82, 2.24) is 24.4 Å². The van der Waals surface area contributed by atoms with Gasteiger partial charge in [0.05, 0.1) is 44.0 Å². The van der Waals surface area contributed by atoms with Crippen LogP contribution in [0.2, 0.25) is 0 Å². The lowest BCUT2D eigenvalue weighted by Crippen LogP contribution is -2.46. The summed E-state index contributed by atoms with van der Waals surface area (Å²) in [6.45, 7) is 9.76. The molecule has 3 heterocycles. The van der Waals surface area contributed by atoms with Gasteiger partial charge in [0.1, 0.15) is 24.7 Å². The fraction of sp³-hybridized carbons (Fsp3) is 0.607. The number of benzene rings is 1. The Morgan fingerprint density at radius 1 is 1.00 bits per heavy atom. The summed E-state index contributed by atoms with van der Waals surface area (Å²) in [6, 6.07) is 6.39. The quantitative estimate of drug-likeness (QED) is 0.285. The molecule has 0 bridgehead atoms. The van der Waals surface area contributed by atoms with E-state index in [0.29, 0.717) is 26.6 Å². The highest BCUT2D eigenvalue weighted by atomic mass is 32.3. The second-order valence-electron chi connectivity index (χ2n) is 10.6. The number of methoxy groups -OCH3 is 1. The minimum atomic E-state index is -0.594. The van der Waals surface area contributed by atoms with E-state index in [1.54, 1.807) is 13.4 Å². The smallest absolute Gasteiger partial charge is 0.135 e. The molecule has 0 aliphatic carbocycles. The van der Waals surface area contributed by atoms with Crippen molar-refractivity contribution in [2.24, 2.45) is 0 Å². The summed E-state index contributed by atoms with van der Waals surface area (Å²) in [5.41, 5.74) is 4.44. The standard InChI is InChI=1S/C28H44N6O3S/c1-6-24-18-29-21-30-28(24)33-11-9-32(10-12-33)19-27-31-25-8-7-23(20-36-14-13-35-2)17-26(25)34(27)22-37-15-16-38(3,4)5/h7-8,17-18,21H,6,9-16,19-20,22H2,1-5H3. The summed E-state index contributed by atoms with van der Waals surface area (Å²) in [7, 11) is 1.10. The van der Waals surface area contributed by atoms with Crippen LogP contribution in [0.4, 0.5) is 5.82 Å². The van der Waals surface area contributed by atoms with Crippen LogP contribution in [0.1, 0.15) is 23.9 Å². The van der Waals surface area contributed by atoms with Crippen LogP contribution in [0.3, 0.4) is 0 Å². The Bertz CT molecular complexity index is 1160. The molecule has 9 nitrogen and oxygen atoms in total. The zero-order valence-electron chi connectivity index (χ0n) is 23.7. The number of imidazole rings is 1. The first-order valence-electron chi connectivity index (χ1n) is 13.4. The highest BCUT2D eigenvalue weighted by molar-refractivity contribution is 8.32. The summed E-state index contributed by atoms with van der Waals surface area (Å²) in [5.74, 6) is 3.22. The van der Waals surface area contributed by atoms with Crippen molar-refractivity contribution in [3.8, 4) is 0 Å². The van der Waals surface area contributed by atoms with E-state index in [4.69, 9.17) is 19.2 Å². The number of rotatable bonds is 14. The zero-order chi connectivity index (χ0) is 27.0. The SMILES string of the molecule is CCc1cncnc1N1CCN(Cc2nc3ccc(COCCOC)cc3n2COCCS(C)(C)C)CC1. The third kappa shape index (κ3) is 7.89. The summed E-state index contributed by atoms with van der Waals surface area (Å²) in [5, 5.41) is 0. The number of piperazine rings is 1. The molecule has 1 aromatic carbocycles. The van der Waals surface area contributed by atoms with E-state index in [9.17, 15) is 0 Å². The zero-order valence-corrected chi connectivity index (χ0v) is 24.5. The van der Waals surface area contributed by atoms with Gasteiger partial charge in [-0.05, 0) is 42.9 Å². The number of nitrogens with zero attached hydrogens (tertiary/aromatic N) is 6. The van der Waals surface area contributed by atoms with Crippen molar-refractivity contribution in [2.75, 3.05) is 82.5 Å². The molecule has 0 saturated carbocycles. The maximum Gasteiger partial charge on any atom is 0.135 e. The van der Waals surface area contributed by atoms with Gasteiger partial charge < -0.3 is 23.7 Å². The van der Waals surface area contributed by atoms with Gasteiger partial charge in [-0.15, -0.1) is 0 Å². The molecule has 1 aliphatic rings. The molecule has 1 saturated heterocycles. The number of hydrogen-bond donors (Lipinski definition) is 0. The summed E-state index contributed by atoms with van der Waals surface area (Å²) >= 11 is 0. The van der Waals surface area contributed by atoms with Crippen LogP contribution < -0.4 is 4.90 Å². The molecule has 1 fully saturated rings. The van der Waals surface area contributed by atoms with E-state index in [2.05, 4.69) is 68.2 Å². The van der Waals surface area contributed by atoms with Gasteiger partial charge in [-0.25, -0.2) is 25.0 Å². The lowest BCUT2D eigenvalue weighted by molar-refractivity contribution is 0.0616. The first-order valence-corrected chi connectivity index (χ1v) is 16.4. The molecule has 3 aromatic rings.